The second-order valence-electron chi connectivity index (χ2n) is 7.55. The van der Waals surface area contributed by atoms with Crippen molar-refractivity contribution in [3.8, 4) is 0 Å². The molecular formula is C22H34N4O5S2. The van der Waals surface area contributed by atoms with Gasteiger partial charge in [-0.1, -0.05) is 30.3 Å². The number of hydrogen-bond donors (Lipinski definition) is 5. The molecule has 0 bridgehead atoms. The number of amides is 3. The maximum atomic E-state index is 13.1. The summed E-state index contributed by atoms with van der Waals surface area (Å²) in [7, 11) is 0. The van der Waals surface area contributed by atoms with E-state index in [4.69, 9.17) is 10.8 Å². The lowest BCUT2D eigenvalue weighted by Gasteiger charge is -2.25. The average Bonchev–Trinajstić information content (AvgIpc) is 2.79. The first-order chi connectivity index (χ1) is 15.7. The molecule has 0 heterocycles. The van der Waals surface area contributed by atoms with E-state index in [1.54, 1.807) is 11.8 Å². The van der Waals surface area contributed by atoms with Gasteiger partial charge < -0.3 is 26.8 Å². The summed E-state index contributed by atoms with van der Waals surface area (Å²) < 4.78 is 0. The number of carboxylic acid groups (broad SMARTS) is 1. The number of nitrogens with one attached hydrogen (secondary N) is 3. The number of nitrogens with two attached hydrogens (primary N) is 1. The molecule has 11 heteroatoms. The molecule has 0 aliphatic rings. The van der Waals surface area contributed by atoms with Crippen LogP contribution in [0.3, 0.4) is 0 Å². The summed E-state index contributed by atoms with van der Waals surface area (Å²) in [5.74, 6) is -1.45. The molecule has 9 nitrogen and oxygen atoms in total. The average molecular weight is 499 g/mol. The van der Waals surface area contributed by atoms with Gasteiger partial charge in [0.2, 0.25) is 17.7 Å². The van der Waals surface area contributed by atoms with Gasteiger partial charge in [-0.3, -0.25) is 19.2 Å². The first-order valence-corrected chi connectivity index (χ1v) is 13.4. The van der Waals surface area contributed by atoms with Gasteiger partial charge in [-0.05, 0) is 49.3 Å². The number of carbonyl (C=O) groups excluding carboxylic acids is 3. The van der Waals surface area contributed by atoms with Crippen LogP contribution in [0, 0.1) is 0 Å². The highest BCUT2D eigenvalue weighted by Gasteiger charge is 2.29. The Bertz CT molecular complexity index is 781. The highest BCUT2D eigenvalue weighted by Crippen LogP contribution is 2.07. The summed E-state index contributed by atoms with van der Waals surface area (Å²) in [6.07, 6.45) is 4.78. The van der Waals surface area contributed by atoms with Crippen LogP contribution < -0.4 is 21.7 Å². The lowest BCUT2D eigenvalue weighted by atomic mass is 10.0. The molecule has 0 saturated heterocycles. The zero-order chi connectivity index (χ0) is 24.8. The van der Waals surface area contributed by atoms with E-state index in [-0.39, 0.29) is 6.42 Å². The topological polar surface area (TPSA) is 151 Å². The standard InChI is InChI=1S/C22H34N4O5S2/c1-14(22(30)31)24-20(28)17(10-12-33-3)25-21(29)18(13-15-7-5-4-6-8-15)26-19(27)16(23)9-11-32-2/h4-8,14,16-18H,9-13,23H2,1-3H3,(H,24,28)(H,25,29)(H,26,27)(H,30,31). The zero-order valence-electron chi connectivity index (χ0n) is 19.2. The van der Waals surface area contributed by atoms with E-state index < -0.39 is 47.9 Å². The van der Waals surface area contributed by atoms with Crippen molar-refractivity contribution in [2.45, 2.75) is 50.4 Å². The van der Waals surface area contributed by atoms with E-state index >= 15 is 0 Å². The number of rotatable bonds is 15. The minimum absolute atomic E-state index is 0.218. The van der Waals surface area contributed by atoms with Gasteiger partial charge >= 0.3 is 5.97 Å². The lowest BCUT2D eigenvalue weighted by Crippen LogP contribution is -2.57. The molecule has 0 saturated carbocycles. The van der Waals surface area contributed by atoms with Crippen molar-refractivity contribution < 1.29 is 24.3 Å². The highest BCUT2D eigenvalue weighted by atomic mass is 32.2. The predicted molar refractivity (Wildman–Crippen MR) is 133 cm³/mol. The van der Waals surface area contributed by atoms with Crippen molar-refractivity contribution >= 4 is 47.2 Å². The van der Waals surface area contributed by atoms with Crippen LogP contribution in [-0.2, 0) is 25.6 Å². The fraction of sp³-hybridized carbons (Fsp3) is 0.545. The summed E-state index contributed by atoms with van der Waals surface area (Å²) in [4.78, 5) is 49.5. The van der Waals surface area contributed by atoms with Crippen molar-refractivity contribution in [1.29, 1.82) is 0 Å². The summed E-state index contributed by atoms with van der Waals surface area (Å²) in [5, 5.41) is 16.9. The third-order valence-electron chi connectivity index (χ3n) is 4.86. The molecular weight excluding hydrogens is 464 g/mol. The Labute approximate surface area is 203 Å². The van der Waals surface area contributed by atoms with Crippen molar-refractivity contribution in [1.82, 2.24) is 16.0 Å². The molecule has 1 aromatic carbocycles. The van der Waals surface area contributed by atoms with Crippen molar-refractivity contribution in [2.75, 3.05) is 24.0 Å². The Morgan fingerprint density at radius 1 is 0.879 bits per heavy atom. The van der Waals surface area contributed by atoms with Crippen LogP contribution in [0.25, 0.3) is 0 Å². The van der Waals surface area contributed by atoms with Gasteiger partial charge in [-0.2, -0.15) is 23.5 Å². The number of benzene rings is 1. The van der Waals surface area contributed by atoms with Gasteiger partial charge in [-0.15, -0.1) is 0 Å². The molecule has 1 rings (SSSR count). The van der Waals surface area contributed by atoms with Crippen LogP contribution in [0.4, 0.5) is 0 Å². The van der Waals surface area contributed by atoms with Crippen molar-refractivity contribution in [3.63, 3.8) is 0 Å². The lowest BCUT2D eigenvalue weighted by molar-refractivity contribution is -0.141. The third kappa shape index (κ3) is 11.0. The van der Waals surface area contributed by atoms with Crippen LogP contribution >= 0.6 is 23.5 Å². The molecule has 0 fully saturated rings. The predicted octanol–water partition coefficient (Wildman–Crippen LogP) is 0.622. The van der Waals surface area contributed by atoms with Crippen LogP contribution in [0.1, 0.15) is 25.3 Å². The van der Waals surface area contributed by atoms with Crippen LogP contribution in [0.15, 0.2) is 30.3 Å². The number of carbonyl (C=O) groups is 4. The fourth-order valence-electron chi connectivity index (χ4n) is 2.87. The number of hydrogen-bond acceptors (Lipinski definition) is 7. The Kier molecular flexibility index (Phi) is 13.6. The maximum Gasteiger partial charge on any atom is 0.325 e. The van der Waals surface area contributed by atoms with Gasteiger partial charge in [0.15, 0.2) is 0 Å². The van der Waals surface area contributed by atoms with Gasteiger partial charge in [0.25, 0.3) is 0 Å². The van der Waals surface area contributed by atoms with E-state index in [1.165, 1.54) is 18.7 Å². The smallest absolute Gasteiger partial charge is 0.325 e. The monoisotopic (exact) mass is 498 g/mol. The Morgan fingerprint density at radius 3 is 2.00 bits per heavy atom. The second kappa shape index (κ2) is 15.6. The fourth-order valence-corrected chi connectivity index (χ4v) is 3.83. The number of aliphatic carboxylic acids is 1. The van der Waals surface area contributed by atoms with E-state index in [1.807, 2.05) is 42.8 Å². The largest absolute Gasteiger partial charge is 0.480 e. The minimum Gasteiger partial charge on any atom is -0.480 e. The van der Waals surface area contributed by atoms with Crippen LogP contribution in [-0.4, -0.2) is 77.0 Å². The van der Waals surface area contributed by atoms with Gasteiger partial charge in [0.05, 0.1) is 6.04 Å². The van der Waals surface area contributed by atoms with E-state index in [0.29, 0.717) is 24.3 Å². The maximum absolute atomic E-state index is 13.1. The summed E-state index contributed by atoms with van der Waals surface area (Å²) in [6.45, 7) is 1.35. The quantitative estimate of drug-likeness (QED) is 0.236. The first kappa shape index (κ1) is 28.8. The molecule has 0 spiro atoms. The molecule has 3 amide bonds. The molecule has 0 aliphatic heterocycles. The van der Waals surface area contributed by atoms with E-state index in [2.05, 4.69) is 16.0 Å². The first-order valence-electron chi connectivity index (χ1n) is 10.6. The molecule has 6 N–H and O–H groups in total. The Morgan fingerprint density at radius 2 is 1.42 bits per heavy atom. The van der Waals surface area contributed by atoms with Crippen LogP contribution in [0.5, 0.6) is 0 Å². The highest BCUT2D eigenvalue weighted by molar-refractivity contribution is 7.98. The zero-order valence-corrected chi connectivity index (χ0v) is 20.8. The molecule has 0 aliphatic carbocycles. The third-order valence-corrected chi connectivity index (χ3v) is 6.15. The molecule has 1 aromatic rings. The Balaban J connectivity index is 2.99. The Hall–Kier alpha value is -2.24. The number of thioether (sulfide) groups is 2. The number of carboxylic acids is 1. The summed E-state index contributed by atoms with van der Waals surface area (Å²) >= 11 is 3.07. The molecule has 0 radical (unpaired) electrons. The SMILES string of the molecule is CSCCC(N)C(=O)NC(Cc1ccccc1)C(=O)NC(CCSC)C(=O)NC(C)C(=O)O. The van der Waals surface area contributed by atoms with Gasteiger partial charge in [-0.25, -0.2) is 0 Å². The second-order valence-corrected chi connectivity index (χ2v) is 9.52. The molecule has 4 unspecified atom stereocenters. The molecule has 4 atom stereocenters. The summed E-state index contributed by atoms with van der Waals surface area (Å²) in [5.41, 5.74) is 6.80. The van der Waals surface area contributed by atoms with Gasteiger partial charge in [0, 0.05) is 6.42 Å². The molecule has 184 valence electrons. The van der Waals surface area contributed by atoms with Gasteiger partial charge in [0.1, 0.15) is 18.1 Å². The normalized spacial score (nSPS) is 14.4. The van der Waals surface area contributed by atoms with Crippen LogP contribution in [0.2, 0.25) is 0 Å². The van der Waals surface area contributed by atoms with Crippen molar-refractivity contribution in [2.24, 2.45) is 5.73 Å². The van der Waals surface area contributed by atoms with E-state index in [9.17, 15) is 19.2 Å². The molecule has 33 heavy (non-hydrogen) atoms. The summed E-state index contributed by atoms with van der Waals surface area (Å²) in [6, 6.07) is 5.46. The van der Waals surface area contributed by atoms with E-state index in [0.717, 1.165) is 5.56 Å². The molecule has 0 aromatic heterocycles. The van der Waals surface area contributed by atoms with Crippen molar-refractivity contribution in [3.05, 3.63) is 35.9 Å². The minimum atomic E-state index is -1.17.